The first-order valence-corrected chi connectivity index (χ1v) is 8.89. The number of benzene rings is 2. The van der Waals surface area contributed by atoms with Gasteiger partial charge >= 0.3 is 0 Å². The van der Waals surface area contributed by atoms with E-state index in [0.717, 1.165) is 36.4 Å². The number of thiazole rings is 1. The van der Waals surface area contributed by atoms with Crippen molar-refractivity contribution in [2.45, 2.75) is 0 Å². The molecule has 0 radical (unpaired) electrons. The van der Waals surface area contributed by atoms with Crippen LogP contribution >= 0.6 is 38.9 Å². The molecule has 0 aliphatic rings. The number of halogens is 2. The van der Waals surface area contributed by atoms with Crippen molar-refractivity contribution >= 4 is 51.0 Å². The van der Waals surface area contributed by atoms with E-state index in [-0.39, 0.29) is 0 Å². The fourth-order valence-corrected chi connectivity index (χ4v) is 3.74. The van der Waals surface area contributed by atoms with E-state index in [2.05, 4.69) is 20.9 Å². The minimum atomic E-state index is 0.721. The standard InChI is InChI=1S/C18H13BrClNOS/c1-22-15-4-2-3-12(11-15)5-10-16-21-17(18(19)23-16)13-6-8-14(20)9-7-13/h2-11H,1H3. The predicted octanol–water partition coefficient (Wildman–Crippen LogP) is 6.41. The molecule has 5 heteroatoms. The van der Waals surface area contributed by atoms with E-state index in [4.69, 9.17) is 16.3 Å². The molecule has 0 fully saturated rings. The van der Waals surface area contributed by atoms with Crippen LogP contribution in [0.3, 0.4) is 0 Å². The van der Waals surface area contributed by atoms with Gasteiger partial charge in [-0.25, -0.2) is 4.98 Å². The summed E-state index contributed by atoms with van der Waals surface area (Å²) in [6.45, 7) is 0. The Labute approximate surface area is 152 Å². The molecule has 3 rings (SSSR count). The lowest BCUT2D eigenvalue weighted by atomic mass is 10.2. The number of aromatic nitrogens is 1. The highest BCUT2D eigenvalue weighted by Gasteiger charge is 2.09. The molecule has 0 bridgehead atoms. The summed E-state index contributed by atoms with van der Waals surface area (Å²) in [5.74, 6) is 0.842. The van der Waals surface area contributed by atoms with Crippen LogP contribution in [0.4, 0.5) is 0 Å². The van der Waals surface area contributed by atoms with Gasteiger partial charge in [-0.05, 0) is 51.8 Å². The maximum Gasteiger partial charge on any atom is 0.119 e. The first-order valence-electron chi connectivity index (χ1n) is 6.90. The second kappa shape index (κ2) is 7.30. The first-order chi connectivity index (χ1) is 11.2. The molecule has 0 spiro atoms. The average Bonchev–Trinajstić information content (AvgIpc) is 2.95. The highest BCUT2D eigenvalue weighted by atomic mass is 79.9. The van der Waals surface area contributed by atoms with Crippen molar-refractivity contribution in [2.75, 3.05) is 7.11 Å². The van der Waals surface area contributed by atoms with E-state index >= 15 is 0 Å². The summed E-state index contributed by atoms with van der Waals surface area (Å²) in [7, 11) is 1.67. The Balaban J connectivity index is 1.85. The van der Waals surface area contributed by atoms with E-state index in [0.29, 0.717) is 0 Å². The average molecular weight is 407 g/mol. The van der Waals surface area contributed by atoms with Gasteiger partial charge in [0.15, 0.2) is 0 Å². The molecule has 0 amide bonds. The van der Waals surface area contributed by atoms with Crippen molar-refractivity contribution in [3.05, 3.63) is 67.9 Å². The fraction of sp³-hybridized carbons (Fsp3) is 0.0556. The molecule has 116 valence electrons. The van der Waals surface area contributed by atoms with Crippen LogP contribution in [0.5, 0.6) is 5.75 Å². The third-order valence-electron chi connectivity index (χ3n) is 3.23. The number of nitrogens with zero attached hydrogens (tertiary/aromatic N) is 1. The highest BCUT2D eigenvalue weighted by Crippen LogP contribution is 2.34. The molecule has 0 unspecified atom stereocenters. The normalized spacial score (nSPS) is 11.1. The summed E-state index contributed by atoms with van der Waals surface area (Å²) in [5.41, 5.74) is 3.04. The number of hydrogen-bond donors (Lipinski definition) is 0. The predicted molar refractivity (Wildman–Crippen MR) is 102 cm³/mol. The molecule has 1 heterocycles. The van der Waals surface area contributed by atoms with Gasteiger partial charge in [0.25, 0.3) is 0 Å². The quantitative estimate of drug-likeness (QED) is 0.500. The minimum Gasteiger partial charge on any atom is -0.497 e. The van der Waals surface area contributed by atoms with Gasteiger partial charge in [0, 0.05) is 10.6 Å². The Morgan fingerprint density at radius 2 is 1.91 bits per heavy atom. The molecule has 2 aromatic carbocycles. The molecule has 0 saturated carbocycles. The van der Waals surface area contributed by atoms with Crippen LogP contribution in [0.1, 0.15) is 10.6 Å². The van der Waals surface area contributed by atoms with Crippen molar-refractivity contribution in [3.63, 3.8) is 0 Å². The topological polar surface area (TPSA) is 22.1 Å². The van der Waals surface area contributed by atoms with Crippen LogP contribution in [0.2, 0.25) is 5.02 Å². The zero-order chi connectivity index (χ0) is 16.2. The van der Waals surface area contributed by atoms with Gasteiger partial charge in [0.1, 0.15) is 10.8 Å². The van der Waals surface area contributed by atoms with Crippen LogP contribution in [-0.4, -0.2) is 12.1 Å². The Hall–Kier alpha value is -1.62. The van der Waals surface area contributed by atoms with Crippen molar-refractivity contribution in [3.8, 4) is 17.0 Å². The smallest absolute Gasteiger partial charge is 0.119 e. The molecule has 0 aliphatic heterocycles. The van der Waals surface area contributed by atoms with E-state index in [1.807, 2.05) is 60.7 Å². The summed E-state index contributed by atoms with van der Waals surface area (Å²) in [6.07, 6.45) is 4.03. The zero-order valence-corrected chi connectivity index (χ0v) is 15.5. The van der Waals surface area contributed by atoms with Gasteiger partial charge < -0.3 is 4.74 Å². The number of rotatable bonds is 4. The lowest BCUT2D eigenvalue weighted by Crippen LogP contribution is -1.82. The number of methoxy groups -OCH3 is 1. The Bertz CT molecular complexity index is 842. The summed E-state index contributed by atoms with van der Waals surface area (Å²) in [6, 6.07) is 15.6. The van der Waals surface area contributed by atoms with Crippen molar-refractivity contribution < 1.29 is 4.74 Å². The fourth-order valence-electron chi connectivity index (χ4n) is 2.09. The molecule has 0 atom stereocenters. The molecule has 0 N–H and O–H groups in total. The van der Waals surface area contributed by atoms with Gasteiger partial charge in [-0.3, -0.25) is 0 Å². The molecule has 23 heavy (non-hydrogen) atoms. The van der Waals surface area contributed by atoms with Crippen molar-refractivity contribution in [1.82, 2.24) is 4.98 Å². The third-order valence-corrected chi connectivity index (χ3v) is 5.15. The van der Waals surface area contributed by atoms with E-state index < -0.39 is 0 Å². The Morgan fingerprint density at radius 1 is 1.13 bits per heavy atom. The van der Waals surface area contributed by atoms with Gasteiger partial charge in [0.2, 0.25) is 0 Å². The summed E-state index contributed by atoms with van der Waals surface area (Å²) in [4.78, 5) is 4.68. The molecule has 0 aliphatic carbocycles. The maximum atomic E-state index is 5.94. The van der Waals surface area contributed by atoms with Crippen LogP contribution in [0.25, 0.3) is 23.4 Å². The molecular weight excluding hydrogens is 394 g/mol. The second-order valence-corrected chi connectivity index (χ2v) is 7.58. The summed E-state index contributed by atoms with van der Waals surface area (Å²) in [5, 5.41) is 1.66. The van der Waals surface area contributed by atoms with E-state index in [1.165, 1.54) is 0 Å². The Kier molecular flexibility index (Phi) is 5.16. The van der Waals surface area contributed by atoms with Gasteiger partial charge in [-0.15, -0.1) is 11.3 Å². The lowest BCUT2D eigenvalue weighted by molar-refractivity contribution is 0.414. The second-order valence-electron chi connectivity index (χ2n) is 4.79. The van der Waals surface area contributed by atoms with Crippen LogP contribution in [0.15, 0.2) is 52.3 Å². The summed E-state index contributed by atoms with van der Waals surface area (Å²) >= 11 is 11.1. The van der Waals surface area contributed by atoms with Crippen LogP contribution in [-0.2, 0) is 0 Å². The largest absolute Gasteiger partial charge is 0.497 e. The van der Waals surface area contributed by atoms with Crippen molar-refractivity contribution in [2.24, 2.45) is 0 Å². The van der Waals surface area contributed by atoms with Crippen LogP contribution < -0.4 is 4.74 Å². The van der Waals surface area contributed by atoms with Gasteiger partial charge in [-0.1, -0.05) is 41.9 Å². The molecular formula is C18H13BrClNOS. The monoisotopic (exact) mass is 405 g/mol. The lowest BCUT2D eigenvalue weighted by Gasteiger charge is -1.99. The first kappa shape index (κ1) is 16.2. The van der Waals surface area contributed by atoms with Gasteiger partial charge in [0.05, 0.1) is 16.6 Å². The van der Waals surface area contributed by atoms with E-state index in [9.17, 15) is 0 Å². The third kappa shape index (κ3) is 4.02. The number of hydrogen-bond acceptors (Lipinski definition) is 3. The molecule has 1 aromatic heterocycles. The van der Waals surface area contributed by atoms with Crippen molar-refractivity contribution in [1.29, 1.82) is 0 Å². The van der Waals surface area contributed by atoms with E-state index in [1.54, 1.807) is 18.4 Å². The molecule has 0 saturated heterocycles. The highest BCUT2D eigenvalue weighted by molar-refractivity contribution is 9.11. The zero-order valence-electron chi connectivity index (χ0n) is 12.3. The SMILES string of the molecule is COc1cccc(C=Cc2nc(-c3ccc(Cl)cc3)c(Br)s2)c1. The number of ether oxygens (including phenoxy) is 1. The van der Waals surface area contributed by atoms with Crippen LogP contribution in [0, 0.1) is 0 Å². The maximum absolute atomic E-state index is 5.94. The minimum absolute atomic E-state index is 0.721. The van der Waals surface area contributed by atoms with Gasteiger partial charge in [-0.2, -0.15) is 0 Å². The Morgan fingerprint density at radius 3 is 2.65 bits per heavy atom. The molecule has 2 nitrogen and oxygen atoms in total. The molecule has 3 aromatic rings. The summed E-state index contributed by atoms with van der Waals surface area (Å²) < 4.78 is 6.24.